The molecular formula is C12H4Br2F6N2. The van der Waals surface area contributed by atoms with Gasteiger partial charge < -0.3 is 0 Å². The van der Waals surface area contributed by atoms with Crippen molar-refractivity contribution >= 4 is 31.9 Å². The largest absolute Gasteiger partial charge is 0.419 e. The zero-order valence-electron chi connectivity index (χ0n) is 10.2. The molecular weight excluding hydrogens is 446 g/mol. The monoisotopic (exact) mass is 448 g/mol. The summed E-state index contributed by atoms with van der Waals surface area (Å²) in [7, 11) is 0. The minimum absolute atomic E-state index is 0.312. The van der Waals surface area contributed by atoms with Gasteiger partial charge in [-0.2, -0.15) is 26.3 Å². The first-order valence-corrected chi connectivity index (χ1v) is 7.07. The van der Waals surface area contributed by atoms with E-state index in [0.29, 0.717) is 0 Å². The molecule has 2 rings (SSSR count). The molecule has 0 unspecified atom stereocenters. The van der Waals surface area contributed by atoms with Gasteiger partial charge in [-0.15, -0.1) is 0 Å². The summed E-state index contributed by atoms with van der Waals surface area (Å²) in [4.78, 5) is 7.22. The van der Waals surface area contributed by atoms with Gasteiger partial charge in [0.05, 0.1) is 21.3 Å². The van der Waals surface area contributed by atoms with Crippen molar-refractivity contribution < 1.29 is 26.3 Å². The van der Waals surface area contributed by atoms with E-state index in [4.69, 9.17) is 0 Å². The maximum Gasteiger partial charge on any atom is 0.419 e. The predicted octanol–water partition coefficient (Wildman–Crippen LogP) is 5.71. The van der Waals surface area contributed by atoms with Crippen LogP contribution in [0.2, 0.25) is 0 Å². The van der Waals surface area contributed by atoms with Crippen molar-refractivity contribution in [3.8, 4) is 11.4 Å². The van der Waals surface area contributed by atoms with Crippen molar-refractivity contribution in [3.05, 3.63) is 44.6 Å². The van der Waals surface area contributed by atoms with Crippen LogP contribution in [0.3, 0.4) is 0 Å². The molecule has 0 aliphatic carbocycles. The van der Waals surface area contributed by atoms with Crippen LogP contribution in [0.15, 0.2) is 33.5 Å². The third kappa shape index (κ3) is 3.27. The van der Waals surface area contributed by atoms with E-state index >= 15 is 0 Å². The maximum absolute atomic E-state index is 13.2. The average molecular weight is 450 g/mol. The highest BCUT2D eigenvalue weighted by Gasteiger charge is 2.48. The van der Waals surface area contributed by atoms with Crippen molar-refractivity contribution in [1.82, 2.24) is 9.97 Å². The van der Waals surface area contributed by atoms with Crippen molar-refractivity contribution in [2.75, 3.05) is 0 Å². The molecule has 0 bridgehead atoms. The Morgan fingerprint density at radius 3 is 1.91 bits per heavy atom. The van der Waals surface area contributed by atoms with Crippen molar-refractivity contribution in [1.29, 1.82) is 0 Å². The summed E-state index contributed by atoms with van der Waals surface area (Å²) in [5, 5.41) is 0. The van der Waals surface area contributed by atoms with Crippen LogP contribution in [0.5, 0.6) is 0 Å². The van der Waals surface area contributed by atoms with Crippen LogP contribution in [0, 0.1) is 0 Å². The normalized spacial score (nSPS) is 12.5. The number of hydrogen-bond acceptors (Lipinski definition) is 2. The molecule has 0 aromatic carbocycles. The molecule has 0 N–H and O–H groups in total. The minimum Gasteiger partial charge on any atom is -0.255 e. The number of hydrogen-bond donors (Lipinski definition) is 0. The van der Waals surface area contributed by atoms with Gasteiger partial charge in [0.2, 0.25) is 0 Å². The van der Waals surface area contributed by atoms with Crippen molar-refractivity contribution in [3.63, 3.8) is 0 Å². The molecule has 0 spiro atoms. The lowest BCUT2D eigenvalue weighted by atomic mass is 10.0. The van der Waals surface area contributed by atoms with Crippen molar-refractivity contribution in [2.45, 2.75) is 12.4 Å². The molecule has 2 aromatic heterocycles. The highest BCUT2D eigenvalue weighted by Crippen LogP contribution is 2.48. The average Bonchev–Trinajstić information content (AvgIpc) is 2.39. The van der Waals surface area contributed by atoms with E-state index in [1.165, 1.54) is 18.3 Å². The van der Waals surface area contributed by atoms with Crippen LogP contribution in [-0.2, 0) is 12.4 Å². The van der Waals surface area contributed by atoms with E-state index in [0.717, 1.165) is 6.07 Å². The van der Waals surface area contributed by atoms with Gasteiger partial charge in [0.1, 0.15) is 10.3 Å². The summed E-state index contributed by atoms with van der Waals surface area (Å²) in [6, 6.07) is 3.93. The van der Waals surface area contributed by atoms with Gasteiger partial charge in [0.25, 0.3) is 0 Å². The molecule has 0 saturated heterocycles. The van der Waals surface area contributed by atoms with E-state index < -0.39 is 38.2 Å². The van der Waals surface area contributed by atoms with Crippen LogP contribution in [0.25, 0.3) is 11.4 Å². The topological polar surface area (TPSA) is 25.8 Å². The van der Waals surface area contributed by atoms with Gasteiger partial charge in [0, 0.05) is 6.20 Å². The Balaban J connectivity index is 2.94. The van der Waals surface area contributed by atoms with E-state index in [9.17, 15) is 26.3 Å². The summed E-state index contributed by atoms with van der Waals surface area (Å²) in [6.45, 7) is 0. The van der Waals surface area contributed by atoms with Crippen LogP contribution in [0.4, 0.5) is 26.3 Å². The zero-order chi connectivity index (χ0) is 16.7. The Morgan fingerprint density at radius 1 is 0.864 bits per heavy atom. The van der Waals surface area contributed by atoms with E-state index in [2.05, 4.69) is 41.8 Å². The minimum atomic E-state index is -5.26. The fraction of sp³-hybridized carbons (Fsp3) is 0.167. The molecule has 0 saturated carbocycles. The molecule has 0 aliphatic rings. The highest BCUT2D eigenvalue weighted by atomic mass is 79.9. The Hall–Kier alpha value is -1.16. The fourth-order valence-electron chi connectivity index (χ4n) is 1.76. The highest BCUT2D eigenvalue weighted by molar-refractivity contribution is 9.13. The molecule has 0 radical (unpaired) electrons. The third-order valence-electron chi connectivity index (χ3n) is 2.57. The molecule has 2 aromatic rings. The first kappa shape index (κ1) is 17.2. The lowest BCUT2D eigenvalue weighted by Crippen LogP contribution is -2.20. The second kappa shape index (κ2) is 5.80. The molecule has 22 heavy (non-hydrogen) atoms. The van der Waals surface area contributed by atoms with Gasteiger partial charge in [-0.3, -0.25) is 4.98 Å². The van der Waals surface area contributed by atoms with E-state index in [-0.39, 0.29) is 5.69 Å². The van der Waals surface area contributed by atoms with Crippen LogP contribution in [0.1, 0.15) is 11.1 Å². The molecule has 118 valence electrons. The molecule has 0 amide bonds. The summed E-state index contributed by atoms with van der Waals surface area (Å²) < 4.78 is 77.8. The quantitative estimate of drug-likeness (QED) is 0.412. The van der Waals surface area contributed by atoms with E-state index in [1.807, 2.05) is 0 Å². The first-order chi connectivity index (χ1) is 10.0. The second-order valence-electron chi connectivity index (χ2n) is 4.03. The molecule has 0 fully saturated rings. The number of aromatic nitrogens is 2. The van der Waals surface area contributed by atoms with E-state index in [1.54, 1.807) is 0 Å². The summed E-state index contributed by atoms with van der Waals surface area (Å²) >= 11 is 5.25. The Morgan fingerprint density at radius 2 is 1.45 bits per heavy atom. The van der Waals surface area contributed by atoms with Crippen molar-refractivity contribution in [2.24, 2.45) is 0 Å². The lowest BCUT2D eigenvalue weighted by molar-refractivity contribution is -0.162. The fourth-order valence-corrected chi connectivity index (χ4v) is 2.65. The van der Waals surface area contributed by atoms with Gasteiger partial charge in [0.15, 0.2) is 0 Å². The number of halogens is 8. The van der Waals surface area contributed by atoms with Gasteiger partial charge >= 0.3 is 12.4 Å². The van der Waals surface area contributed by atoms with Gasteiger partial charge in [-0.1, -0.05) is 6.07 Å². The lowest BCUT2D eigenvalue weighted by Gasteiger charge is -2.20. The summed E-state index contributed by atoms with van der Waals surface area (Å²) in [6.07, 6.45) is -9.31. The second-order valence-corrected chi connectivity index (χ2v) is 5.57. The molecule has 0 atom stereocenters. The molecule has 2 heterocycles. The summed E-state index contributed by atoms with van der Waals surface area (Å²) in [5.74, 6) is 0. The number of rotatable bonds is 1. The zero-order valence-corrected chi connectivity index (χ0v) is 13.4. The van der Waals surface area contributed by atoms with Gasteiger partial charge in [-0.25, -0.2) is 4.98 Å². The Kier molecular flexibility index (Phi) is 4.54. The predicted molar refractivity (Wildman–Crippen MR) is 72.9 cm³/mol. The molecule has 10 heteroatoms. The standard InChI is InChI=1S/C12H4Br2F6N2/c13-8-6(11(15,16)17)7(12(18,19)20)9(22-10(8)14)5-3-1-2-4-21-5/h1-4H. The Labute approximate surface area is 136 Å². The SMILES string of the molecule is FC(F)(F)c1c(-c2ccccn2)nc(Br)c(Br)c1C(F)(F)F. The number of nitrogens with zero attached hydrogens (tertiary/aromatic N) is 2. The maximum atomic E-state index is 13.2. The van der Waals surface area contributed by atoms with Crippen LogP contribution < -0.4 is 0 Å². The van der Waals surface area contributed by atoms with Gasteiger partial charge in [-0.05, 0) is 44.0 Å². The Bertz CT molecular complexity index is 697. The summed E-state index contributed by atoms with van der Waals surface area (Å²) in [5.41, 5.74) is -4.93. The van der Waals surface area contributed by atoms with Crippen LogP contribution in [-0.4, -0.2) is 9.97 Å². The third-order valence-corrected chi connectivity index (χ3v) is 4.45. The molecule has 2 nitrogen and oxygen atoms in total. The number of alkyl halides is 6. The number of pyridine rings is 2. The first-order valence-electron chi connectivity index (χ1n) is 5.48. The van der Waals surface area contributed by atoms with Crippen LogP contribution >= 0.6 is 31.9 Å². The molecule has 0 aliphatic heterocycles. The smallest absolute Gasteiger partial charge is 0.255 e.